The van der Waals surface area contributed by atoms with E-state index >= 15 is 0 Å². The minimum absolute atomic E-state index is 0.146. The van der Waals surface area contributed by atoms with E-state index in [1.165, 1.54) is 6.07 Å². The highest BCUT2D eigenvalue weighted by molar-refractivity contribution is 7.89. The second-order valence-electron chi connectivity index (χ2n) is 6.04. The third kappa shape index (κ3) is 2.62. The van der Waals surface area contributed by atoms with E-state index in [1.54, 1.807) is 18.2 Å². The summed E-state index contributed by atoms with van der Waals surface area (Å²) in [4.78, 5) is 0.146. The second-order valence-corrected chi connectivity index (χ2v) is 7.73. The molecule has 0 fully saturated rings. The molecule has 0 aliphatic carbocycles. The van der Waals surface area contributed by atoms with Crippen molar-refractivity contribution in [2.75, 3.05) is 6.61 Å². The molecular weight excluding hydrogens is 326 g/mol. The lowest BCUT2D eigenvalue weighted by molar-refractivity contribution is 0.130. The van der Waals surface area contributed by atoms with Gasteiger partial charge in [0, 0.05) is 11.1 Å². The van der Waals surface area contributed by atoms with Crippen molar-refractivity contribution in [3.8, 4) is 5.75 Å². The number of aliphatic hydroxyl groups is 1. The molecule has 2 atom stereocenters. The fraction of sp³-hybridized carbons (Fsp3) is 0.222. The van der Waals surface area contributed by atoms with Crippen molar-refractivity contribution in [2.45, 2.75) is 23.5 Å². The standard InChI is InChI=1S/C18H17NO4S/c20-18-14-6-2-4-8-17(14)24(21,22)19-15(18)10-12-9-13-5-1-3-7-16(13)23-11-12/h1-9,15,18-20H,10-11H2/t15-,18-/m0/s1. The lowest BCUT2D eigenvalue weighted by Gasteiger charge is -2.32. The molecule has 5 nitrogen and oxygen atoms in total. The van der Waals surface area contributed by atoms with Crippen LogP contribution < -0.4 is 9.46 Å². The Morgan fingerprint density at radius 1 is 1.12 bits per heavy atom. The van der Waals surface area contributed by atoms with Crippen LogP contribution in [0.15, 0.2) is 59.0 Å². The Bertz CT molecular complexity index is 920. The van der Waals surface area contributed by atoms with Gasteiger partial charge in [-0.25, -0.2) is 13.1 Å². The number of rotatable bonds is 2. The summed E-state index contributed by atoms with van der Waals surface area (Å²) in [6.45, 7) is 0.392. The van der Waals surface area contributed by atoms with Gasteiger partial charge in [-0.3, -0.25) is 0 Å². The van der Waals surface area contributed by atoms with Gasteiger partial charge in [-0.05, 0) is 30.2 Å². The van der Waals surface area contributed by atoms with Gasteiger partial charge in [0.1, 0.15) is 12.4 Å². The van der Waals surface area contributed by atoms with Crippen LogP contribution in [0.3, 0.4) is 0 Å². The van der Waals surface area contributed by atoms with Crippen LogP contribution in [0.4, 0.5) is 0 Å². The van der Waals surface area contributed by atoms with Crippen molar-refractivity contribution < 1.29 is 18.3 Å². The zero-order chi connectivity index (χ0) is 16.7. The van der Waals surface area contributed by atoms with Crippen LogP contribution in [0, 0.1) is 0 Å². The third-order valence-electron chi connectivity index (χ3n) is 4.39. The summed E-state index contributed by atoms with van der Waals surface area (Å²) >= 11 is 0. The Labute approximate surface area is 140 Å². The number of fused-ring (bicyclic) bond motifs is 2. The first-order valence-corrected chi connectivity index (χ1v) is 9.23. The van der Waals surface area contributed by atoms with E-state index in [2.05, 4.69) is 4.72 Å². The molecule has 0 amide bonds. The monoisotopic (exact) mass is 343 g/mol. The molecular formula is C18H17NO4S. The van der Waals surface area contributed by atoms with E-state index < -0.39 is 22.2 Å². The summed E-state index contributed by atoms with van der Waals surface area (Å²) in [5.41, 5.74) is 2.35. The summed E-state index contributed by atoms with van der Waals surface area (Å²) in [6.07, 6.45) is 1.51. The quantitative estimate of drug-likeness (QED) is 0.877. The minimum atomic E-state index is -3.61. The van der Waals surface area contributed by atoms with Crippen LogP contribution in [-0.4, -0.2) is 26.2 Å². The van der Waals surface area contributed by atoms with Gasteiger partial charge in [0.2, 0.25) is 10.0 Å². The Hall–Kier alpha value is -2.15. The number of benzene rings is 2. The van der Waals surface area contributed by atoms with Crippen molar-refractivity contribution in [1.29, 1.82) is 0 Å². The van der Waals surface area contributed by atoms with Crippen molar-refractivity contribution >= 4 is 16.1 Å². The van der Waals surface area contributed by atoms with Gasteiger partial charge in [-0.2, -0.15) is 0 Å². The average molecular weight is 343 g/mol. The van der Waals surface area contributed by atoms with Crippen molar-refractivity contribution in [3.63, 3.8) is 0 Å². The molecule has 2 heterocycles. The molecule has 2 N–H and O–H groups in total. The molecule has 4 rings (SSSR count). The maximum Gasteiger partial charge on any atom is 0.241 e. The van der Waals surface area contributed by atoms with Gasteiger partial charge in [0.15, 0.2) is 0 Å². The first kappa shape index (κ1) is 15.4. The third-order valence-corrected chi connectivity index (χ3v) is 5.95. The van der Waals surface area contributed by atoms with E-state index in [-0.39, 0.29) is 4.90 Å². The number of sulfonamides is 1. The van der Waals surface area contributed by atoms with Crippen molar-refractivity contribution in [2.24, 2.45) is 0 Å². The molecule has 124 valence electrons. The van der Waals surface area contributed by atoms with E-state index in [1.807, 2.05) is 30.3 Å². The molecule has 2 aromatic carbocycles. The number of hydrogen-bond acceptors (Lipinski definition) is 4. The van der Waals surface area contributed by atoms with Gasteiger partial charge >= 0.3 is 0 Å². The fourth-order valence-electron chi connectivity index (χ4n) is 3.23. The molecule has 0 unspecified atom stereocenters. The van der Waals surface area contributed by atoms with Gasteiger partial charge in [-0.1, -0.05) is 36.4 Å². The maximum atomic E-state index is 12.4. The van der Waals surface area contributed by atoms with Gasteiger partial charge in [-0.15, -0.1) is 0 Å². The molecule has 6 heteroatoms. The molecule has 2 aliphatic heterocycles. The van der Waals surface area contributed by atoms with Crippen LogP contribution in [0.25, 0.3) is 6.08 Å². The molecule has 0 radical (unpaired) electrons. The van der Waals surface area contributed by atoms with E-state index in [0.717, 1.165) is 16.9 Å². The Balaban J connectivity index is 1.64. The smallest absolute Gasteiger partial charge is 0.241 e. The van der Waals surface area contributed by atoms with Gasteiger partial charge < -0.3 is 9.84 Å². The highest BCUT2D eigenvalue weighted by Crippen LogP contribution is 2.34. The summed E-state index contributed by atoms with van der Waals surface area (Å²) in [5.74, 6) is 0.816. The molecule has 0 saturated carbocycles. The van der Waals surface area contributed by atoms with Crippen LogP contribution in [0.2, 0.25) is 0 Å². The number of aliphatic hydroxyl groups excluding tert-OH is 1. The number of ether oxygens (including phenoxy) is 1. The molecule has 2 aliphatic rings. The Morgan fingerprint density at radius 3 is 2.75 bits per heavy atom. The predicted molar refractivity (Wildman–Crippen MR) is 90.0 cm³/mol. The normalized spacial score (nSPS) is 24.3. The largest absolute Gasteiger partial charge is 0.489 e. The van der Waals surface area contributed by atoms with Crippen LogP contribution in [-0.2, 0) is 10.0 Å². The highest BCUT2D eigenvalue weighted by Gasteiger charge is 2.36. The molecule has 0 bridgehead atoms. The summed E-state index contributed by atoms with van der Waals surface area (Å²) in [6, 6.07) is 13.6. The SMILES string of the molecule is O=S1(=O)N[C@@H](CC2=Cc3ccccc3OC2)[C@@H](O)c2ccccc21. The van der Waals surface area contributed by atoms with Crippen molar-refractivity contribution in [1.82, 2.24) is 4.72 Å². The van der Waals surface area contributed by atoms with E-state index in [4.69, 9.17) is 4.74 Å². The van der Waals surface area contributed by atoms with E-state index in [9.17, 15) is 13.5 Å². The maximum absolute atomic E-state index is 12.4. The first-order chi connectivity index (χ1) is 11.5. The average Bonchev–Trinajstić information content (AvgIpc) is 2.59. The van der Waals surface area contributed by atoms with Crippen molar-refractivity contribution in [3.05, 3.63) is 65.2 Å². The first-order valence-electron chi connectivity index (χ1n) is 7.75. The predicted octanol–water partition coefficient (Wildman–Crippen LogP) is 2.25. The molecule has 24 heavy (non-hydrogen) atoms. The molecule has 0 spiro atoms. The lowest BCUT2D eigenvalue weighted by Crippen LogP contribution is -2.44. The molecule has 2 aromatic rings. The Kier molecular flexibility index (Phi) is 3.68. The van der Waals surface area contributed by atoms with Gasteiger partial charge in [0.05, 0.1) is 17.0 Å². The topological polar surface area (TPSA) is 75.6 Å². The fourth-order valence-corrected chi connectivity index (χ4v) is 4.73. The number of nitrogens with one attached hydrogen (secondary N) is 1. The molecule has 0 saturated heterocycles. The summed E-state index contributed by atoms with van der Waals surface area (Å²) in [7, 11) is -3.61. The zero-order valence-electron chi connectivity index (χ0n) is 12.8. The van der Waals surface area contributed by atoms with E-state index in [0.29, 0.717) is 18.6 Å². The number of para-hydroxylation sites is 1. The van der Waals surface area contributed by atoms with Crippen LogP contribution >= 0.6 is 0 Å². The summed E-state index contributed by atoms with van der Waals surface area (Å²) < 4.78 is 33.1. The minimum Gasteiger partial charge on any atom is -0.489 e. The lowest BCUT2D eigenvalue weighted by atomic mass is 9.95. The van der Waals surface area contributed by atoms with Gasteiger partial charge in [0.25, 0.3) is 0 Å². The van der Waals surface area contributed by atoms with Crippen LogP contribution in [0.1, 0.15) is 23.7 Å². The summed E-state index contributed by atoms with van der Waals surface area (Å²) in [5, 5.41) is 10.6. The zero-order valence-corrected chi connectivity index (χ0v) is 13.7. The Morgan fingerprint density at radius 2 is 1.88 bits per heavy atom. The molecule has 0 aromatic heterocycles. The van der Waals surface area contributed by atoms with Crippen LogP contribution in [0.5, 0.6) is 5.75 Å². The number of hydrogen-bond donors (Lipinski definition) is 2. The highest BCUT2D eigenvalue weighted by atomic mass is 32.2. The second kappa shape index (κ2) is 5.73.